The highest BCUT2D eigenvalue weighted by molar-refractivity contribution is 5.43. The monoisotopic (exact) mass is 288 g/mol. The number of rotatable bonds is 4. The van der Waals surface area contributed by atoms with Gasteiger partial charge in [0.25, 0.3) is 0 Å². The van der Waals surface area contributed by atoms with E-state index in [1.807, 2.05) is 6.07 Å². The summed E-state index contributed by atoms with van der Waals surface area (Å²) < 4.78 is 13.4. The molecule has 3 rings (SSSR count). The lowest BCUT2D eigenvalue weighted by Crippen LogP contribution is -2.24. The van der Waals surface area contributed by atoms with Crippen molar-refractivity contribution >= 4 is 11.6 Å². The molecule has 2 aromatic rings. The molecule has 6 heteroatoms. The Balaban J connectivity index is 1.83. The van der Waals surface area contributed by atoms with Gasteiger partial charge in [-0.3, -0.25) is 10.3 Å². The van der Waals surface area contributed by atoms with Crippen molar-refractivity contribution < 1.29 is 9.23 Å². The molecule has 0 spiro atoms. The normalized spacial score (nSPS) is 18.0. The molecule has 0 amide bonds. The largest absolute Gasteiger partial charge is 0.334 e. The van der Waals surface area contributed by atoms with Crippen LogP contribution >= 0.6 is 0 Å². The lowest BCUT2D eigenvalue weighted by molar-refractivity contribution is 0.270. The smallest absolute Gasteiger partial charge is 0.225 e. The molecule has 1 aliphatic rings. The minimum atomic E-state index is -0.208. The molecule has 1 aliphatic heterocycles. The zero-order valence-corrected chi connectivity index (χ0v) is 11.8. The summed E-state index contributed by atoms with van der Waals surface area (Å²) in [5.41, 5.74) is 4.35. The summed E-state index contributed by atoms with van der Waals surface area (Å²) in [6.45, 7) is 0.873. The number of hydrogen-bond donors (Lipinski definition) is 1. The van der Waals surface area contributed by atoms with Crippen molar-refractivity contribution in [2.45, 2.75) is 18.9 Å². The van der Waals surface area contributed by atoms with Crippen LogP contribution in [-0.4, -0.2) is 23.6 Å². The van der Waals surface area contributed by atoms with Crippen molar-refractivity contribution in [1.29, 1.82) is 0 Å². The second-order valence-electron chi connectivity index (χ2n) is 4.98. The summed E-state index contributed by atoms with van der Waals surface area (Å²) >= 11 is 0. The summed E-state index contributed by atoms with van der Waals surface area (Å²) in [6.07, 6.45) is 5.37. The lowest BCUT2D eigenvalue weighted by Gasteiger charge is -2.25. The molecule has 0 bridgehead atoms. The highest BCUT2D eigenvalue weighted by atomic mass is 19.1. The standard InChI is InChI=1S/C15H17FN4O/c1-21-19-13-9-17-15(18-10-13)20-7-3-6-14(20)11-4-2-5-12(16)8-11/h2,4-5,8-10,14,19H,3,6-7H2,1H3. The fourth-order valence-corrected chi connectivity index (χ4v) is 2.71. The minimum absolute atomic E-state index is 0.127. The van der Waals surface area contributed by atoms with E-state index in [1.165, 1.54) is 13.2 Å². The molecule has 1 unspecified atom stereocenters. The van der Waals surface area contributed by atoms with Gasteiger partial charge in [0.1, 0.15) is 5.82 Å². The molecular weight excluding hydrogens is 271 g/mol. The van der Waals surface area contributed by atoms with Crippen LogP contribution in [0, 0.1) is 5.82 Å². The molecular formula is C15H17FN4O. The molecule has 1 N–H and O–H groups in total. The van der Waals surface area contributed by atoms with Gasteiger partial charge >= 0.3 is 0 Å². The van der Waals surface area contributed by atoms with E-state index < -0.39 is 0 Å². The van der Waals surface area contributed by atoms with E-state index in [1.54, 1.807) is 24.5 Å². The second kappa shape index (κ2) is 6.05. The van der Waals surface area contributed by atoms with Crippen LogP contribution in [0.15, 0.2) is 36.7 Å². The number of nitrogens with one attached hydrogen (secondary N) is 1. The fourth-order valence-electron chi connectivity index (χ4n) is 2.71. The number of anilines is 2. The van der Waals surface area contributed by atoms with Crippen LogP contribution in [0.3, 0.4) is 0 Å². The predicted octanol–water partition coefficient (Wildman–Crippen LogP) is 2.93. The second-order valence-corrected chi connectivity index (χ2v) is 4.98. The maximum absolute atomic E-state index is 13.4. The van der Waals surface area contributed by atoms with Crippen LogP contribution in [0.1, 0.15) is 24.4 Å². The van der Waals surface area contributed by atoms with Gasteiger partial charge in [-0.05, 0) is 30.5 Å². The molecule has 5 nitrogen and oxygen atoms in total. The Hall–Kier alpha value is -2.21. The quantitative estimate of drug-likeness (QED) is 0.877. The van der Waals surface area contributed by atoms with Crippen LogP contribution in [0.2, 0.25) is 0 Å². The van der Waals surface area contributed by atoms with E-state index in [0.717, 1.165) is 24.9 Å². The third kappa shape index (κ3) is 2.95. The van der Waals surface area contributed by atoms with Crippen molar-refractivity contribution in [3.63, 3.8) is 0 Å². The first-order chi connectivity index (χ1) is 10.3. The highest BCUT2D eigenvalue weighted by Crippen LogP contribution is 2.34. The molecule has 0 aliphatic carbocycles. The number of benzene rings is 1. The molecule has 0 radical (unpaired) electrons. The van der Waals surface area contributed by atoms with E-state index in [9.17, 15) is 4.39 Å². The molecule has 2 heterocycles. The van der Waals surface area contributed by atoms with Gasteiger partial charge in [-0.15, -0.1) is 0 Å². The Kier molecular flexibility index (Phi) is 3.96. The molecule has 110 valence electrons. The molecule has 1 aromatic carbocycles. The average Bonchev–Trinajstić information content (AvgIpc) is 2.98. The highest BCUT2D eigenvalue weighted by Gasteiger charge is 2.28. The summed E-state index contributed by atoms with van der Waals surface area (Å²) in [5.74, 6) is 0.448. The summed E-state index contributed by atoms with van der Waals surface area (Å²) in [4.78, 5) is 15.6. The van der Waals surface area contributed by atoms with E-state index in [4.69, 9.17) is 4.84 Å². The first kappa shape index (κ1) is 13.8. The third-order valence-corrected chi connectivity index (χ3v) is 3.60. The number of nitrogens with zero attached hydrogens (tertiary/aromatic N) is 3. The predicted molar refractivity (Wildman–Crippen MR) is 78.4 cm³/mol. The zero-order valence-electron chi connectivity index (χ0n) is 11.8. The van der Waals surface area contributed by atoms with Crippen LogP contribution < -0.4 is 10.4 Å². The topological polar surface area (TPSA) is 50.3 Å². The average molecular weight is 288 g/mol. The SMILES string of the molecule is CONc1cnc(N2CCCC2c2cccc(F)c2)nc1. The Bertz CT molecular complexity index is 605. The summed E-state index contributed by atoms with van der Waals surface area (Å²) in [5, 5.41) is 0. The van der Waals surface area contributed by atoms with Crippen molar-refractivity contribution in [2.24, 2.45) is 0 Å². The van der Waals surface area contributed by atoms with Crippen molar-refractivity contribution in [3.05, 3.63) is 48.0 Å². The first-order valence-corrected chi connectivity index (χ1v) is 6.91. The van der Waals surface area contributed by atoms with Crippen LogP contribution in [0.5, 0.6) is 0 Å². The molecule has 0 saturated carbocycles. The Morgan fingerprint density at radius 1 is 1.33 bits per heavy atom. The van der Waals surface area contributed by atoms with Crippen molar-refractivity contribution in [3.8, 4) is 0 Å². The van der Waals surface area contributed by atoms with Crippen LogP contribution in [0.4, 0.5) is 16.0 Å². The maximum Gasteiger partial charge on any atom is 0.225 e. The third-order valence-electron chi connectivity index (χ3n) is 3.60. The first-order valence-electron chi connectivity index (χ1n) is 6.91. The van der Waals surface area contributed by atoms with Gasteiger partial charge in [-0.25, -0.2) is 14.4 Å². The van der Waals surface area contributed by atoms with E-state index in [-0.39, 0.29) is 11.9 Å². The van der Waals surface area contributed by atoms with Crippen molar-refractivity contribution in [2.75, 3.05) is 24.0 Å². The van der Waals surface area contributed by atoms with Gasteiger partial charge in [-0.1, -0.05) is 12.1 Å². The van der Waals surface area contributed by atoms with Gasteiger partial charge in [0, 0.05) is 6.54 Å². The number of halogens is 1. The number of hydrogen-bond acceptors (Lipinski definition) is 5. The fraction of sp³-hybridized carbons (Fsp3) is 0.333. The van der Waals surface area contributed by atoms with E-state index in [2.05, 4.69) is 20.3 Å². The van der Waals surface area contributed by atoms with Crippen LogP contribution in [-0.2, 0) is 4.84 Å². The molecule has 1 aromatic heterocycles. The molecule has 21 heavy (non-hydrogen) atoms. The number of aromatic nitrogens is 2. The zero-order chi connectivity index (χ0) is 14.7. The molecule has 1 saturated heterocycles. The van der Waals surface area contributed by atoms with Crippen LogP contribution in [0.25, 0.3) is 0 Å². The molecule has 1 fully saturated rings. The van der Waals surface area contributed by atoms with Gasteiger partial charge in [-0.2, -0.15) is 0 Å². The molecule has 1 atom stereocenters. The van der Waals surface area contributed by atoms with Gasteiger partial charge in [0.2, 0.25) is 5.95 Å². The Morgan fingerprint density at radius 2 is 2.14 bits per heavy atom. The van der Waals surface area contributed by atoms with Gasteiger partial charge < -0.3 is 4.90 Å². The Morgan fingerprint density at radius 3 is 2.86 bits per heavy atom. The Labute approximate surface area is 122 Å². The van der Waals surface area contributed by atoms with Gasteiger partial charge in [0.05, 0.1) is 31.2 Å². The minimum Gasteiger partial charge on any atom is -0.334 e. The maximum atomic E-state index is 13.4. The summed E-state index contributed by atoms with van der Waals surface area (Å²) in [6, 6.07) is 6.87. The lowest BCUT2D eigenvalue weighted by atomic mass is 10.0. The summed E-state index contributed by atoms with van der Waals surface area (Å²) in [7, 11) is 1.54. The van der Waals surface area contributed by atoms with E-state index >= 15 is 0 Å². The van der Waals surface area contributed by atoms with Crippen molar-refractivity contribution in [1.82, 2.24) is 9.97 Å². The van der Waals surface area contributed by atoms with E-state index in [0.29, 0.717) is 11.6 Å². The van der Waals surface area contributed by atoms with Gasteiger partial charge in [0.15, 0.2) is 0 Å².